The van der Waals surface area contributed by atoms with Crippen LogP contribution in [0.25, 0.3) is 0 Å². The molecule has 21 heavy (non-hydrogen) atoms. The third kappa shape index (κ3) is 5.27. The molecule has 1 aromatic rings. The molecule has 0 fully saturated rings. The average Bonchev–Trinajstić information content (AvgIpc) is 2.33. The van der Waals surface area contributed by atoms with Gasteiger partial charge in [-0.05, 0) is 36.1 Å². The van der Waals surface area contributed by atoms with Gasteiger partial charge in [-0.25, -0.2) is 4.79 Å². The van der Waals surface area contributed by atoms with Crippen LogP contribution in [0.3, 0.4) is 0 Å². The number of rotatable bonds is 5. The molecule has 0 saturated heterocycles. The number of carboxylic acids is 1. The van der Waals surface area contributed by atoms with E-state index in [9.17, 15) is 9.59 Å². The Balaban J connectivity index is 2.63. The minimum Gasteiger partial charge on any atom is -0.484 e. The van der Waals surface area contributed by atoms with Crippen molar-refractivity contribution in [3.05, 3.63) is 28.8 Å². The van der Waals surface area contributed by atoms with Crippen LogP contribution in [0.5, 0.6) is 5.75 Å². The Hall–Kier alpha value is -1.75. The number of carboxylic acid groups (broad SMARTS) is 1. The first-order chi connectivity index (χ1) is 9.61. The van der Waals surface area contributed by atoms with E-state index < -0.39 is 23.3 Å². The van der Waals surface area contributed by atoms with Crippen LogP contribution in [0.1, 0.15) is 26.3 Å². The summed E-state index contributed by atoms with van der Waals surface area (Å²) in [7, 11) is 0. The molecule has 5 nitrogen and oxygen atoms in total. The summed E-state index contributed by atoms with van der Waals surface area (Å²) in [6.45, 7) is 6.81. The highest BCUT2D eigenvalue weighted by molar-refractivity contribution is 6.30. The molecular weight excluding hydrogens is 294 g/mol. The van der Waals surface area contributed by atoms with Crippen molar-refractivity contribution in [1.29, 1.82) is 0 Å². The van der Waals surface area contributed by atoms with Crippen molar-refractivity contribution in [2.45, 2.75) is 33.7 Å². The van der Waals surface area contributed by atoms with E-state index in [0.717, 1.165) is 5.56 Å². The van der Waals surface area contributed by atoms with Crippen molar-refractivity contribution in [2.24, 2.45) is 5.41 Å². The topological polar surface area (TPSA) is 75.6 Å². The SMILES string of the molecule is Cc1cc(Cl)ccc1OCC(=O)N[C@@H](C(=O)O)C(C)(C)C. The Morgan fingerprint density at radius 1 is 1.38 bits per heavy atom. The highest BCUT2D eigenvalue weighted by atomic mass is 35.5. The monoisotopic (exact) mass is 313 g/mol. The molecule has 0 heterocycles. The summed E-state index contributed by atoms with van der Waals surface area (Å²) in [4.78, 5) is 23.0. The summed E-state index contributed by atoms with van der Waals surface area (Å²) >= 11 is 5.83. The molecule has 1 amide bonds. The molecule has 116 valence electrons. The zero-order valence-corrected chi connectivity index (χ0v) is 13.3. The van der Waals surface area contributed by atoms with E-state index in [-0.39, 0.29) is 6.61 Å². The van der Waals surface area contributed by atoms with E-state index in [1.165, 1.54) is 0 Å². The fraction of sp³-hybridized carbons (Fsp3) is 0.467. The van der Waals surface area contributed by atoms with Gasteiger partial charge in [-0.2, -0.15) is 0 Å². The summed E-state index contributed by atoms with van der Waals surface area (Å²) < 4.78 is 5.38. The van der Waals surface area contributed by atoms with Gasteiger partial charge in [-0.1, -0.05) is 32.4 Å². The molecule has 1 atom stereocenters. The summed E-state index contributed by atoms with van der Waals surface area (Å²) in [6.07, 6.45) is 0. The molecule has 0 aliphatic rings. The number of amides is 1. The number of halogens is 1. The fourth-order valence-corrected chi connectivity index (χ4v) is 2.00. The van der Waals surface area contributed by atoms with Gasteiger partial charge in [-0.3, -0.25) is 4.79 Å². The molecule has 0 bridgehead atoms. The normalized spacial score (nSPS) is 12.6. The second kappa shape index (κ2) is 6.80. The van der Waals surface area contributed by atoms with Crippen LogP contribution in [0.2, 0.25) is 5.02 Å². The molecule has 0 aliphatic heterocycles. The van der Waals surface area contributed by atoms with E-state index >= 15 is 0 Å². The highest BCUT2D eigenvalue weighted by Gasteiger charge is 2.32. The molecule has 0 spiro atoms. The zero-order valence-electron chi connectivity index (χ0n) is 12.6. The molecule has 1 rings (SSSR count). The summed E-state index contributed by atoms with van der Waals surface area (Å²) in [5.74, 6) is -1.01. The third-order valence-corrected chi connectivity index (χ3v) is 3.15. The van der Waals surface area contributed by atoms with Gasteiger partial charge in [0.25, 0.3) is 5.91 Å². The number of ether oxygens (including phenoxy) is 1. The lowest BCUT2D eigenvalue weighted by Gasteiger charge is -2.27. The summed E-state index contributed by atoms with van der Waals surface area (Å²) in [5, 5.41) is 12.2. The van der Waals surface area contributed by atoms with Crippen molar-refractivity contribution >= 4 is 23.5 Å². The number of hydrogen-bond donors (Lipinski definition) is 2. The van der Waals surface area contributed by atoms with Gasteiger partial charge in [0.1, 0.15) is 11.8 Å². The lowest BCUT2D eigenvalue weighted by atomic mass is 9.87. The predicted octanol–water partition coefficient (Wildman–Crippen LogP) is 2.64. The summed E-state index contributed by atoms with van der Waals surface area (Å²) in [6, 6.07) is 4.09. The second-order valence-corrected chi connectivity index (χ2v) is 6.34. The zero-order chi connectivity index (χ0) is 16.2. The van der Waals surface area contributed by atoms with Crippen LogP contribution in [-0.4, -0.2) is 29.6 Å². The van der Waals surface area contributed by atoms with Crippen LogP contribution in [0.15, 0.2) is 18.2 Å². The molecule has 0 aromatic heterocycles. The molecular formula is C15H20ClNO4. The first-order valence-electron chi connectivity index (χ1n) is 6.52. The van der Waals surface area contributed by atoms with E-state index in [4.69, 9.17) is 21.4 Å². The number of nitrogens with one attached hydrogen (secondary N) is 1. The molecule has 0 saturated carbocycles. The van der Waals surface area contributed by atoms with Gasteiger partial charge in [-0.15, -0.1) is 0 Å². The molecule has 1 aromatic carbocycles. The van der Waals surface area contributed by atoms with Gasteiger partial charge in [0.2, 0.25) is 0 Å². The number of carbonyl (C=O) groups excluding carboxylic acids is 1. The lowest BCUT2D eigenvalue weighted by molar-refractivity contribution is -0.145. The van der Waals surface area contributed by atoms with Crippen molar-refractivity contribution < 1.29 is 19.4 Å². The van der Waals surface area contributed by atoms with E-state index in [0.29, 0.717) is 10.8 Å². The first kappa shape index (κ1) is 17.3. The Morgan fingerprint density at radius 2 is 2.00 bits per heavy atom. The average molecular weight is 314 g/mol. The van der Waals surface area contributed by atoms with Gasteiger partial charge < -0.3 is 15.2 Å². The van der Waals surface area contributed by atoms with E-state index in [1.807, 2.05) is 6.92 Å². The van der Waals surface area contributed by atoms with Crippen LogP contribution in [0, 0.1) is 12.3 Å². The van der Waals surface area contributed by atoms with Gasteiger partial charge in [0.15, 0.2) is 6.61 Å². The van der Waals surface area contributed by atoms with E-state index in [1.54, 1.807) is 39.0 Å². The molecule has 0 unspecified atom stereocenters. The van der Waals surface area contributed by atoms with Crippen LogP contribution >= 0.6 is 11.6 Å². The quantitative estimate of drug-likeness (QED) is 0.876. The molecule has 0 aliphatic carbocycles. The molecule has 2 N–H and O–H groups in total. The van der Waals surface area contributed by atoms with Crippen molar-refractivity contribution in [3.63, 3.8) is 0 Å². The maximum atomic E-state index is 11.8. The number of carbonyl (C=O) groups is 2. The smallest absolute Gasteiger partial charge is 0.326 e. The maximum Gasteiger partial charge on any atom is 0.326 e. The molecule has 6 heteroatoms. The highest BCUT2D eigenvalue weighted by Crippen LogP contribution is 2.22. The number of aliphatic carboxylic acids is 1. The van der Waals surface area contributed by atoms with Crippen LogP contribution in [0.4, 0.5) is 0 Å². The number of hydrogen-bond acceptors (Lipinski definition) is 3. The second-order valence-electron chi connectivity index (χ2n) is 5.90. The minimum absolute atomic E-state index is 0.248. The largest absolute Gasteiger partial charge is 0.484 e. The van der Waals surface area contributed by atoms with Gasteiger partial charge in [0, 0.05) is 5.02 Å². The maximum absolute atomic E-state index is 11.8. The van der Waals surface area contributed by atoms with E-state index in [2.05, 4.69) is 5.32 Å². The van der Waals surface area contributed by atoms with Crippen molar-refractivity contribution in [1.82, 2.24) is 5.32 Å². The summed E-state index contributed by atoms with van der Waals surface area (Å²) in [5.41, 5.74) is 0.221. The standard InChI is InChI=1S/C15H20ClNO4/c1-9-7-10(16)5-6-11(9)21-8-12(18)17-13(14(19)20)15(2,3)4/h5-7,13H,8H2,1-4H3,(H,17,18)(H,19,20)/t13-/m0/s1. The van der Waals surface area contributed by atoms with Crippen LogP contribution < -0.4 is 10.1 Å². The Kier molecular flexibility index (Phi) is 5.61. The molecule has 0 radical (unpaired) electrons. The lowest BCUT2D eigenvalue weighted by Crippen LogP contribution is -2.50. The number of benzene rings is 1. The fourth-order valence-electron chi connectivity index (χ4n) is 1.77. The Labute approximate surface area is 129 Å². The van der Waals surface area contributed by atoms with Crippen LogP contribution in [-0.2, 0) is 9.59 Å². The third-order valence-electron chi connectivity index (χ3n) is 2.91. The minimum atomic E-state index is -1.07. The van der Waals surface area contributed by atoms with Gasteiger partial charge in [0.05, 0.1) is 0 Å². The van der Waals surface area contributed by atoms with Crippen molar-refractivity contribution in [3.8, 4) is 5.75 Å². The predicted molar refractivity (Wildman–Crippen MR) is 80.7 cm³/mol. The first-order valence-corrected chi connectivity index (χ1v) is 6.90. The van der Waals surface area contributed by atoms with Gasteiger partial charge >= 0.3 is 5.97 Å². The van der Waals surface area contributed by atoms with Crippen molar-refractivity contribution in [2.75, 3.05) is 6.61 Å². The Bertz CT molecular complexity index is 537. The Morgan fingerprint density at radius 3 is 2.48 bits per heavy atom. The number of aryl methyl sites for hydroxylation is 1.